The van der Waals surface area contributed by atoms with E-state index in [1.807, 2.05) is 19.9 Å². The zero-order valence-electron chi connectivity index (χ0n) is 14.2. The fraction of sp³-hybridized carbons (Fsp3) is 0.353. The molecule has 24 heavy (non-hydrogen) atoms. The Bertz CT molecular complexity index is 673. The first kappa shape index (κ1) is 17.5. The zero-order valence-corrected chi connectivity index (χ0v) is 14.2. The van der Waals surface area contributed by atoms with Crippen LogP contribution in [0.1, 0.15) is 23.1 Å². The first-order valence-corrected chi connectivity index (χ1v) is 7.88. The molecular formula is C17H23N5O2. The number of carbonyl (C=O) groups excluding carboxylic acids is 1. The molecule has 2 aromatic rings. The standard InChI is InChI=1S/C17H23N5O2/c1-4-18-15-11-16(22-12(2)21-15)19-9-10-20-17(23)13-5-7-14(24-3)8-6-13/h5-8,11H,4,9-10H2,1-3H3,(H,20,23)(H2,18,19,21,22). The number of amides is 1. The van der Waals surface area contributed by atoms with Gasteiger partial charge in [-0.1, -0.05) is 0 Å². The van der Waals surface area contributed by atoms with E-state index < -0.39 is 0 Å². The van der Waals surface area contributed by atoms with Gasteiger partial charge in [-0.15, -0.1) is 0 Å². The van der Waals surface area contributed by atoms with Crippen molar-refractivity contribution in [2.45, 2.75) is 13.8 Å². The number of methoxy groups -OCH3 is 1. The van der Waals surface area contributed by atoms with Crippen LogP contribution in [0.2, 0.25) is 0 Å². The molecule has 1 aromatic carbocycles. The van der Waals surface area contributed by atoms with E-state index in [-0.39, 0.29) is 5.91 Å². The summed E-state index contributed by atoms with van der Waals surface area (Å²) < 4.78 is 5.07. The maximum Gasteiger partial charge on any atom is 0.251 e. The van der Waals surface area contributed by atoms with Crippen LogP contribution in [-0.2, 0) is 0 Å². The maximum atomic E-state index is 12.0. The van der Waals surface area contributed by atoms with Gasteiger partial charge in [-0.2, -0.15) is 0 Å². The number of nitrogens with one attached hydrogen (secondary N) is 3. The minimum Gasteiger partial charge on any atom is -0.497 e. The molecule has 7 nitrogen and oxygen atoms in total. The second-order valence-corrected chi connectivity index (χ2v) is 5.13. The summed E-state index contributed by atoms with van der Waals surface area (Å²) in [6, 6.07) is 8.84. The molecule has 0 unspecified atom stereocenters. The zero-order chi connectivity index (χ0) is 17.4. The van der Waals surface area contributed by atoms with Gasteiger partial charge in [-0.25, -0.2) is 9.97 Å². The van der Waals surface area contributed by atoms with E-state index in [0.717, 1.165) is 23.9 Å². The summed E-state index contributed by atoms with van der Waals surface area (Å²) in [5, 5.41) is 9.20. The molecule has 0 aliphatic heterocycles. The minimum atomic E-state index is -0.119. The normalized spacial score (nSPS) is 10.1. The van der Waals surface area contributed by atoms with Crippen molar-refractivity contribution in [3.63, 3.8) is 0 Å². The van der Waals surface area contributed by atoms with Gasteiger partial charge in [-0.3, -0.25) is 4.79 Å². The quantitative estimate of drug-likeness (QED) is 0.643. The predicted molar refractivity (Wildman–Crippen MR) is 94.7 cm³/mol. The average Bonchev–Trinajstić information content (AvgIpc) is 2.58. The van der Waals surface area contributed by atoms with Crippen molar-refractivity contribution < 1.29 is 9.53 Å². The highest BCUT2D eigenvalue weighted by Gasteiger charge is 2.05. The molecule has 0 saturated carbocycles. The molecule has 0 bridgehead atoms. The summed E-state index contributed by atoms with van der Waals surface area (Å²) in [6.45, 7) is 5.72. The third-order valence-corrected chi connectivity index (χ3v) is 3.26. The topological polar surface area (TPSA) is 88.2 Å². The van der Waals surface area contributed by atoms with Crippen LogP contribution in [0.3, 0.4) is 0 Å². The lowest BCUT2D eigenvalue weighted by Gasteiger charge is -2.10. The molecule has 7 heteroatoms. The molecule has 2 rings (SSSR count). The fourth-order valence-corrected chi connectivity index (χ4v) is 2.14. The number of anilines is 2. The van der Waals surface area contributed by atoms with Crippen molar-refractivity contribution in [2.75, 3.05) is 37.4 Å². The molecule has 0 aliphatic rings. The highest BCUT2D eigenvalue weighted by molar-refractivity contribution is 5.94. The molecule has 3 N–H and O–H groups in total. The van der Waals surface area contributed by atoms with Crippen molar-refractivity contribution in [3.8, 4) is 5.75 Å². The molecule has 1 aromatic heterocycles. The number of ether oxygens (including phenoxy) is 1. The molecule has 1 heterocycles. The summed E-state index contributed by atoms with van der Waals surface area (Å²) >= 11 is 0. The van der Waals surface area contributed by atoms with Gasteiger partial charge in [0.1, 0.15) is 23.2 Å². The van der Waals surface area contributed by atoms with Gasteiger partial charge >= 0.3 is 0 Å². The van der Waals surface area contributed by atoms with Crippen LogP contribution in [0, 0.1) is 6.92 Å². The van der Waals surface area contributed by atoms with E-state index in [0.29, 0.717) is 24.5 Å². The summed E-state index contributed by atoms with van der Waals surface area (Å²) in [5.41, 5.74) is 0.600. The number of aryl methyl sites for hydroxylation is 1. The number of benzene rings is 1. The monoisotopic (exact) mass is 329 g/mol. The molecule has 128 valence electrons. The van der Waals surface area contributed by atoms with Gasteiger partial charge in [0.2, 0.25) is 0 Å². The smallest absolute Gasteiger partial charge is 0.251 e. The van der Waals surface area contributed by atoms with Gasteiger partial charge in [0.05, 0.1) is 7.11 Å². The van der Waals surface area contributed by atoms with Crippen LogP contribution >= 0.6 is 0 Å². The second kappa shape index (κ2) is 8.71. The first-order chi connectivity index (χ1) is 11.6. The molecule has 0 saturated heterocycles. The van der Waals surface area contributed by atoms with Crippen LogP contribution < -0.4 is 20.7 Å². The Hall–Kier alpha value is -2.83. The van der Waals surface area contributed by atoms with Crippen LogP contribution in [0.15, 0.2) is 30.3 Å². The number of hydrogen-bond donors (Lipinski definition) is 3. The number of nitrogens with zero attached hydrogens (tertiary/aromatic N) is 2. The Morgan fingerprint density at radius 3 is 2.38 bits per heavy atom. The molecule has 0 atom stereocenters. The highest BCUT2D eigenvalue weighted by atomic mass is 16.5. The third kappa shape index (κ3) is 5.12. The lowest BCUT2D eigenvalue weighted by Crippen LogP contribution is -2.28. The van der Waals surface area contributed by atoms with Crippen molar-refractivity contribution in [1.82, 2.24) is 15.3 Å². The number of rotatable bonds is 8. The summed E-state index contributed by atoms with van der Waals surface area (Å²) in [4.78, 5) is 20.6. The second-order valence-electron chi connectivity index (χ2n) is 5.13. The number of aromatic nitrogens is 2. The van der Waals surface area contributed by atoms with Crippen LogP contribution in [-0.4, -0.2) is 42.6 Å². The number of carbonyl (C=O) groups is 1. The van der Waals surface area contributed by atoms with E-state index in [1.54, 1.807) is 31.4 Å². The average molecular weight is 329 g/mol. The summed E-state index contributed by atoms with van der Waals surface area (Å²) in [7, 11) is 1.59. The lowest BCUT2D eigenvalue weighted by molar-refractivity contribution is 0.0955. The molecular weight excluding hydrogens is 306 g/mol. The predicted octanol–water partition coefficient (Wildman–Crippen LogP) is 2.07. The Balaban J connectivity index is 1.80. The van der Waals surface area contributed by atoms with Gasteiger partial charge < -0.3 is 20.7 Å². The molecule has 0 spiro atoms. The van der Waals surface area contributed by atoms with E-state index >= 15 is 0 Å². The highest BCUT2D eigenvalue weighted by Crippen LogP contribution is 2.11. The Labute approximate surface area is 141 Å². The van der Waals surface area contributed by atoms with Crippen LogP contribution in [0.25, 0.3) is 0 Å². The molecule has 0 fully saturated rings. The SMILES string of the molecule is CCNc1cc(NCCNC(=O)c2ccc(OC)cc2)nc(C)n1. The van der Waals surface area contributed by atoms with Crippen molar-refractivity contribution in [2.24, 2.45) is 0 Å². The van der Waals surface area contributed by atoms with E-state index in [9.17, 15) is 4.79 Å². The molecule has 0 aliphatic carbocycles. The van der Waals surface area contributed by atoms with E-state index in [2.05, 4.69) is 25.9 Å². The summed E-state index contributed by atoms with van der Waals surface area (Å²) in [6.07, 6.45) is 0. The molecule has 1 amide bonds. The summed E-state index contributed by atoms with van der Waals surface area (Å²) in [5.74, 6) is 2.82. The van der Waals surface area contributed by atoms with Gasteiger partial charge in [-0.05, 0) is 38.1 Å². The van der Waals surface area contributed by atoms with Gasteiger partial charge in [0.25, 0.3) is 5.91 Å². The minimum absolute atomic E-state index is 0.119. The lowest BCUT2D eigenvalue weighted by atomic mass is 10.2. The number of hydrogen-bond acceptors (Lipinski definition) is 6. The Morgan fingerprint density at radius 2 is 1.75 bits per heavy atom. The first-order valence-electron chi connectivity index (χ1n) is 7.88. The molecule has 0 radical (unpaired) electrons. The largest absolute Gasteiger partial charge is 0.497 e. The Kier molecular flexibility index (Phi) is 6.36. The van der Waals surface area contributed by atoms with Crippen LogP contribution in [0.4, 0.5) is 11.6 Å². The maximum absolute atomic E-state index is 12.0. The Morgan fingerprint density at radius 1 is 1.08 bits per heavy atom. The van der Waals surface area contributed by atoms with E-state index in [1.165, 1.54) is 0 Å². The van der Waals surface area contributed by atoms with Gasteiger partial charge in [0, 0.05) is 31.3 Å². The fourth-order valence-electron chi connectivity index (χ4n) is 2.14. The van der Waals surface area contributed by atoms with Crippen molar-refractivity contribution >= 4 is 17.5 Å². The van der Waals surface area contributed by atoms with Gasteiger partial charge in [0.15, 0.2) is 0 Å². The third-order valence-electron chi connectivity index (χ3n) is 3.26. The van der Waals surface area contributed by atoms with E-state index in [4.69, 9.17) is 4.74 Å². The van der Waals surface area contributed by atoms with Crippen LogP contribution in [0.5, 0.6) is 5.75 Å². The van der Waals surface area contributed by atoms with Crippen molar-refractivity contribution in [3.05, 3.63) is 41.7 Å². The van der Waals surface area contributed by atoms with Crippen molar-refractivity contribution in [1.29, 1.82) is 0 Å².